The van der Waals surface area contributed by atoms with Crippen molar-refractivity contribution in [3.05, 3.63) is 47.5 Å². The van der Waals surface area contributed by atoms with Crippen LogP contribution >= 0.6 is 35.1 Å². The molecule has 0 amide bonds. The van der Waals surface area contributed by atoms with Gasteiger partial charge in [0.25, 0.3) is 0 Å². The fourth-order valence-corrected chi connectivity index (χ4v) is 3.45. The minimum Gasteiger partial charge on any atom is -0.369 e. The number of nitrogens with zero attached hydrogens (tertiary/aromatic N) is 2. The average Bonchev–Trinajstić information content (AvgIpc) is 2.61. The molecule has 2 aromatic rings. The van der Waals surface area contributed by atoms with Crippen molar-refractivity contribution in [3.63, 3.8) is 0 Å². The molecule has 0 bridgehead atoms. The summed E-state index contributed by atoms with van der Waals surface area (Å²) in [5.41, 5.74) is 7.89. The number of rotatable bonds is 6. The van der Waals surface area contributed by atoms with Crippen molar-refractivity contribution in [3.8, 4) is 0 Å². The highest BCUT2D eigenvalue weighted by molar-refractivity contribution is 7.99. The zero-order chi connectivity index (χ0) is 17.5. The molecule has 0 fully saturated rings. The second-order valence-corrected chi connectivity index (χ2v) is 7.65. The van der Waals surface area contributed by atoms with Gasteiger partial charge in [-0.2, -0.15) is 0 Å². The number of hydrogen-bond acceptors (Lipinski definition) is 3. The number of thioether (sulfide) groups is 2. The third-order valence-corrected chi connectivity index (χ3v) is 5.65. The van der Waals surface area contributed by atoms with Crippen LogP contribution in [0.2, 0.25) is 5.02 Å². The summed E-state index contributed by atoms with van der Waals surface area (Å²) in [5.74, 6) is 1.48. The minimum absolute atomic E-state index is 0.410. The van der Waals surface area contributed by atoms with E-state index in [1.54, 1.807) is 23.5 Å². The Hall–Kier alpha value is -1.30. The maximum Gasteiger partial charge on any atom is 0.200 e. The molecule has 0 aliphatic rings. The summed E-state index contributed by atoms with van der Waals surface area (Å²) >= 11 is 9.77. The summed E-state index contributed by atoms with van der Waals surface area (Å²) < 4.78 is 0. The van der Waals surface area contributed by atoms with Crippen molar-refractivity contribution in [2.75, 3.05) is 24.0 Å². The topological polar surface area (TPSA) is 41.6 Å². The van der Waals surface area contributed by atoms with E-state index in [1.807, 2.05) is 42.3 Å². The molecule has 0 spiro atoms. The van der Waals surface area contributed by atoms with Crippen LogP contribution < -0.4 is 10.6 Å². The number of hydrogen-bond donors (Lipinski definition) is 1. The molecular formula is C18H22ClN3S2. The van der Waals surface area contributed by atoms with Gasteiger partial charge in [-0.05, 0) is 54.8 Å². The smallest absolute Gasteiger partial charge is 0.200 e. The largest absolute Gasteiger partial charge is 0.369 e. The second kappa shape index (κ2) is 9.25. The fourth-order valence-electron chi connectivity index (χ4n) is 2.04. The van der Waals surface area contributed by atoms with E-state index >= 15 is 0 Å². The van der Waals surface area contributed by atoms with Gasteiger partial charge in [0.15, 0.2) is 0 Å². The summed E-state index contributed by atoms with van der Waals surface area (Å²) in [5, 5.41) is 0.602. The van der Waals surface area contributed by atoms with Gasteiger partial charge >= 0.3 is 0 Å². The van der Waals surface area contributed by atoms with E-state index in [9.17, 15) is 0 Å². The SMILES string of the molecule is CSc1cccc(N(C)C(N)=Nc2cc(SCC[11CH3])ccc2Cl)c1. The average molecular weight is 379 g/mol. The molecule has 24 heavy (non-hydrogen) atoms. The van der Waals surface area contributed by atoms with E-state index in [1.165, 1.54) is 4.90 Å². The molecule has 0 atom stereocenters. The van der Waals surface area contributed by atoms with Gasteiger partial charge in [-0.25, -0.2) is 4.99 Å². The molecule has 0 aliphatic carbocycles. The number of guanidine groups is 1. The predicted molar refractivity (Wildman–Crippen MR) is 110 cm³/mol. The first kappa shape index (κ1) is 19.0. The lowest BCUT2D eigenvalue weighted by molar-refractivity contribution is 1.10. The lowest BCUT2D eigenvalue weighted by Crippen LogP contribution is -2.33. The Balaban J connectivity index is 2.25. The van der Waals surface area contributed by atoms with E-state index in [4.69, 9.17) is 17.3 Å². The molecule has 0 radical (unpaired) electrons. The molecule has 0 heterocycles. The van der Waals surface area contributed by atoms with Crippen molar-refractivity contribution in [2.24, 2.45) is 10.7 Å². The summed E-state index contributed by atoms with van der Waals surface area (Å²) in [6, 6.07) is 14.1. The van der Waals surface area contributed by atoms with Crippen LogP contribution in [0, 0.1) is 0 Å². The zero-order valence-electron chi connectivity index (χ0n) is 14.1. The van der Waals surface area contributed by atoms with Gasteiger partial charge in [-0.3, -0.25) is 0 Å². The van der Waals surface area contributed by atoms with Crippen molar-refractivity contribution in [1.29, 1.82) is 0 Å². The summed E-state index contributed by atoms with van der Waals surface area (Å²) in [4.78, 5) is 8.73. The van der Waals surface area contributed by atoms with Crippen molar-refractivity contribution < 1.29 is 0 Å². The maximum absolute atomic E-state index is 6.28. The first-order valence-corrected chi connectivity index (χ1v) is 10.3. The van der Waals surface area contributed by atoms with E-state index in [0.29, 0.717) is 16.7 Å². The molecule has 128 valence electrons. The van der Waals surface area contributed by atoms with Crippen LogP contribution in [0.4, 0.5) is 11.4 Å². The molecule has 0 saturated carbocycles. The summed E-state index contributed by atoms with van der Waals surface area (Å²) in [6.07, 6.45) is 3.18. The molecule has 6 heteroatoms. The highest BCUT2D eigenvalue weighted by Crippen LogP contribution is 2.31. The van der Waals surface area contributed by atoms with Gasteiger partial charge in [0.05, 0.1) is 10.7 Å². The number of aliphatic imine (C=N–C) groups is 1. The summed E-state index contributed by atoms with van der Waals surface area (Å²) in [6.45, 7) is 2.16. The Labute approximate surface area is 157 Å². The van der Waals surface area contributed by atoms with Crippen molar-refractivity contribution in [2.45, 2.75) is 23.1 Å². The van der Waals surface area contributed by atoms with E-state index in [2.05, 4.69) is 30.3 Å². The normalized spacial score (nSPS) is 11.6. The van der Waals surface area contributed by atoms with Crippen molar-refractivity contribution in [1.82, 2.24) is 0 Å². The van der Waals surface area contributed by atoms with Gasteiger partial charge in [-0.15, -0.1) is 23.5 Å². The Morgan fingerprint density at radius 1 is 1.21 bits per heavy atom. The van der Waals surface area contributed by atoms with Crippen LogP contribution in [0.15, 0.2) is 57.2 Å². The number of nitrogens with two attached hydrogens (primary N) is 1. The standard InChI is InChI=1S/C18H22ClN3S2/c1-4-10-24-15-8-9-16(19)17(12-15)21-18(20)22(2)13-6-5-7-14(11-13)23-3/h5-9,11-12H,4,10H2,1-3H3,(H2,20,21)/i1-1. The van der Waals surface area contributed by atoms with Crippen LogP contribution in [0.25, 0.3) is 0 Å². The predicted octanol–water partition coefficient (Wildman–Crippen LogP) is 5.65. The van der Waals surface area contributed by atoms with Crippen LogP contribution in [0.5, 0.6) is 0 Å². The first-order chi connectivity index (χ1) is 11.5. The van der Waals surface area contributed by atoms with Gasteiger partial charge in [0.1, 0.15) is 0 Å². The third-order valence-electron chi connectivity index (χ3n) is 3.41. The lowest BCUT2D eigenvalue weighted by atomic mass is 10.2. The van der Waals surface area contributed by atoms with E-state index in [0.717, 1.165) is 22.8 Å². The summed E-state index contributed by atoms with van der Waals surface area (Å²) in [7, 11) is 1.90. The van der Waals surface area contributed by atoms with Gasteiger partial charge in [0, 0.05) is 22.5 Å². The van der Waals surface area contributed by atoms with Crippen LogP contribution in [0.3, 0.4) is 0 Å². The molecule has 3 nitrogen and oxygen atoms in total. The van der Waals surface area contributed by atoms with Gasteiger partial charge < -0.3 is 10.6 Å². The van der Waals surface area contributed by atoms with Crippen molar-refractivity contribution >= 4 is 52.5 Å². The van der Waals surface area contributed by atoms with Crippen LogP contribution in [0.1, 0.15) is 13.3 Å². The molecule has 0 aromatic heterocycles. The Bertz CT molecular complexity index is 719. The van der Waals surface area contributed by atoms with Crippen LogP contribution in [-0.4, -0.2) is 25.0 Å². The maximum atomic E-state index is 6.28. The molecule has 2 aromatic carbocycles. The highest BCUT2D eigenvalue weighted by Gasteiger charge is 2.08. The monoisotopic (exact) mass is 378 g/mol. The Kier molecular flexibility index (Phi) is 7.34. The highest BCUT2D eigenvalue weighted by atomic mass is 35.5. The Morgan fingerprint density at radius 3 is 2.71 bits per heavy atom. The number of anilines is 1. The molecule has 0 aliphatic heterocycles. The third kappa shape index (κ3) is 5.10. The lowest BCUT2D eigenvalue weighted by Gasteiger charge is -2.19. The van der Waals surface area contributed by atoms with Crippen LogP contribution in [-0.2, 0) is 0 Å². The van der Waals surface area contributed by atoms with Gasteiger partial charge in [-0.1, -0.05) is 24.6 Å². The van der Waals surface area contributed by atoms with E-state index < -0.39 is 0 Å². The zero-order valence-corrected chi connectivity index (χ0v) is 16.5. The molecule has 0 saturated heterocycles. The molecule has 2 rings (SSSR count). The molecule has 0 unspecified atom stereocenters. The Morgan fingerprint density at radius 2 is 2.00 bits per heavy atom. The number of benzene rings is 2. The van der Waals surface area contributed by atoms with Gasteiger partial charge in [0.2, 0.25) is 5.96 Å². The van der Waals surface area contributed by atoms with E-state index in [-0.39, 0.29) is 0 Å². The minimum atomic E-state index is 0.410. The first-order valence-electron chi connectivity index (χ1n) is 7.69. The number of halogens is 1. The second-order valence-electron chi connectivity index (χ2n) is 5.19. The fraction of sp³-hybridized carbons (Fsp3) is 0.278. The molecule has 2 N–H and O–H groups in total. The molecular weight excluding hydrogens is 357 g/mol. The quantitative estimate of drug-likeness (QED) is 0.400.